The van der Waals surface area contributed by atoms with Crippen LogP contribution in [0.2, 0.25) is 0 Å². The predicted molar refractivity (Wildman–Crippen MR) is 75.6 cm³/mol. The molecule has 0 radical (unpaired) electrons. The van der Waals surface area contributed by atoms with Crippen molar-refractivity contribution in [1.29, 1.82) is 5.26 Å². The Kier molecular flexibility index (Phi) is 4.87. The Balaban J connectivity index is 3.17. The number of allylic oxidation sites excluding steroid dienone is 4. The average Bonchev–Trinajstić information content (AvgIpc) is 2.39. The zero-order valence-corrected chi connectivity index (χ0v) is 11.8. The number of halogens is 1. The van der Waals surface area contributed by atoms with Crippen LogP contribution in [0.25, 0.3) is 5.57 Å². The van der Waals surface area contributed by atoms with Crippen molar-refractivity contribution in [1.82, 2.24) is 0 Å². The highest BCUT2D eigenvalue weighted by Crippen LogP contribution is 2.23. The largest absolute Gasteiger partial charge is 0.401 e. The van der Waals surface area contributed by atoms with Crippen LogP contribution in [0, 0.1) is 11.3 Å². The third-order valence-electron chi connectivity index (χ3n) is 2.40. The SMILES string of the molecule is C/C=C(\C(=O)C(Br)=C(C)N)c1ccc(C#N)cc1. The van der Waals surface area contributed by atoms with Gasteiger partial charge in [-0.15, -0.1) is 0 Å². The number of ketones is 1. The van der Waals surface area contributed by atoms with Crippen LogP contribution < -0.4 is 5.73 Å². The molecule has 4 heteroatoms. The summed E-state index contributed by atoms with van der Waals surface area (Å²) in [5.41, 5.74) is 7.91. The van der Waals surface area contributed by atoms with Crippen LogP contribution in [0.15, 0.2) is 40.5 Å². The average molecular weight is 305 g/mol. The Morgan fingerprint density at radius 3 is 2.33 bits per heavy atom. The molecule has 0 bridgehead atoms. The molecule has 0 atom stereocenters. The lowest BCUT2D eigenvalue weighted by atomic mass is 10.00. The standard InChI is InChI=1S/C14H13BrN2O/c1-3-12(14(18)13(15)9(2)17)11-6-4-10(8-16)5-7-11/h3-7H,17H2,1-2H3/b12-3-,13-9?. The number of carbonyl (C=O) groups excluding carboxylic acids is 1. The van der Waals surface area contributed by atoms with Crippen molar-refractivity contribution in [3.05, 3.63) is 51.6 Å². The van der Waals surface area contributed by atoms with Crippen LogP contribution in [0.3, 0.4) is 0 Å². The van der Waals surface area contributed by atoms with Crippen molar-refractivity contribution in [2.75, 3.05) is 0 Å². The number of hydrogen-bond acceptors (Lipinski definition) is 3. The van der Waals surface area contributed by atoms with Crippen molar-refractivity contribution >= 4 is 27.3 Å². The first-order valence-corrected chi connectivity index (χ1v) is 6.14. The molecule has 0 saturated carbocycles. The highest BCUT2D eigenvalue weighted by Gasteiger charge is 2.15. The van der Waals surface area contributed by atoms with Gasteiger partial charge in [-0.05, 0) is 47.5 Å². The Morgan fingerprint density at radius 1 is 1.39 bits per heavy atom. The van der Waals surface area contributed by atoms with Gasteiger partial charge in [0, 0.05) is 11.3 Å². The quantitative estimate of drug-likeness (QED) is 0.872. The molecule has 0 aromatic heterocycles. The molecule has 1 aromatic carbocycles. The van der Waals surface area contributed by atoms with Gasteiger partial charge in [-0.25, -0.2) is 0 Å². The molecule has 92 valence electrons. The van der Waals surface area contributed by atoms with Crippen molar-refractivity contribution in [3.8, 4) is 6.07 Å². The van der Waals surface area contributed by atoms with E-state index in [1.54, 1.807) is 44.2 Å². The molecule has 1 aromatic rings. The molecule has 0 aliphatic carbocycles. The van der Waals surface area contributed by atoms with Gasteiger partial charge >= 0.3 is 0 Å². The minimum Gasteiger partial charge on any atom is -0.401 e. The minimum absolute atomic E-state index is 0.165. The van der Waals surface area contributed by atoms with E-state index in [0.29, 0.717) is 21.3 Å². The molecular formula is C14H13BrN2O. The third kappa shape index (κ3) is 3.08. The van der Waals surface area contributed by atoms with Gasteiger partial charge < -0.3 is 5.73 Å². The van der Waals surface area contributed by atoms with E-state index in [2.05, 4.69) is 15.9 Å². The summed E-state index contributed by atoms with van der Waals surface area (Å²) in [6, 6.07) is 8.89. The lowest BCUT2D eigenvalue weighted by Gasteiger charge is -2.07. The van der Waals surface area contributed by atoms with Gasteiger partial charge in [-0.3, -0.25) is 4.79 Å². The lowest BCUT2D eigenvalue weighted by molar-refractivity contribution is -0.109. The zero-order valence-electron chi connectivity index (χ0n) is 10.2. The maximum atomic E-state index is 12.2. The zero-order chi connectivity index (χ0) is 13.7. The summed E-state index contributed by atoms with van der Waals surface area (Å²) in [5.74, 6) is -0.165. The van der Waals surface area contributed by atoms with E-state index in [9.17, 15) is 4.79 Å². The van der Waals surface area contributed by atoms with Gasteiger partial charge in [0.25, 0.3) is 0 Å². The van der Waals surface area contributed by atoms with Crippen molar-refractivity contribution in [2.45, 2.75) is 13.8 Å². The summed E-state index contributed by atoms with van der Waals surface area (Å²) in [4.78, 5) is 12.2. The van der Waals surface area contributed by atoms with Crippen LogP contribution >= 0.6 is 15.9 Å². The molecule has 0 saturated heterocycles. The number of Topliss-reactive ketones (excluding diaryl/α,β-unsaturated/α-hetero) is 1. The van der Waals surface area contributed by atoms with Gasteiger partial charge in [0.05, 0.1) is 16.1 Å². The number of nitriles is 1. The first-order chi connectivity index (χ1) is 8.51. The fraction of sp³-hybridized carbons (Fsp3) is 0.143. The number of nitrogens with two attached hydrogens (primary N) is 1. The Bertz CT molecular complexity index is 558. The van der Waals surface area contributed by atoms with Gasteiger partial charge in [0.2, 0.25) is 5.78 Å². The maximum Gasteiger partial charge on any atom is 0.201 e. The van der Waals surface area contributed by atoms with E-state index < -0.39 is 0 Å². The molecular weight excluding hydrogens is 292 g/mol. The molecule has 0 fully saturated rings. The molecule has 18 heavy (non-hydrogen) atoms. The smallest absolute Gasteiger partial charge is 0.201 e. The normalized spacial score (nSPS) is 12.7. The summed E-state index contributed by atoms with van der Waals surface area (Å²) >= 11 is 3.19. The topological polar surface area (TPSA) is 66.9 Å². The summed E-state index contributed by atoms with van der Waals surface area (Å²) in [6.07, 6.45) is 1.73. The summed E-state index contributed by atoms with van der Waals surface area (Å²) < 4.78 is 0.361. The van der Waals surface area contributed by atoms with Crippen LogP contribution in [0.5, 0.6) is 0 Å². The second-order valence-corrected chi connectivity index (χ2v) is 4.51. The Hall–Kier alpha value is -1.86. The molecule has 0 spiro atoms. The third-order valence-corrected chi connectivity index (χ3v) is 3.39. The number of benzene rings is 1. The molecule has 0 amide bonds. The molecule has 0 unspecified atom stereocenters. The highest BCUT2D eigenvalue weighted by molar-refractivity contribution is 9.12. The molecule has 1 rings (SSSR count). The summed E-state index contributed by atoms with van der Waals surface area (Å²) in [5, 5.41) is 8.73. The molecule has 3 nitrogen and oxygen atoms in total. The van der Waals surface area contributed by atoms with Gasteiger partial charge in [-0.1, -0.05) is 18.2 Å². The number of nitrogens with zero attached hydrogens (tertiary/aromatic N) is 1. The molecule has 0 heterocycles. The van der Waals surface area contributed by atoms with Crippen LogP contribution in [0.1, 0.15) is 25.0 Å². The van der Waals surface area contributed by atoms with E-state index in [4.69, 9.17) is 11.0 Å². The number of hydrogen-bond donors (Lipinski definition) is 1. The molecule has 0 aliphatic heterocycles. The van der Waals surface area contributed by atoms with E-state index in [1.165, 1.54) is 0 Å². The highest BCUT2D eigenvalue weighted by atomic mass is 79.9. The Labute approximate surface area is 115 Å². The number of carbonyl (C=O) groups is 1. The van der Waals surface area contributed by atoms with Gasteiger partial charge in [-0.2, -0.15) is 5.26 Å². The molecule has 2 N–H and O–H groups in total. The second kappa shape index (κ2) is 6.18. The van der Waals surface area contributed by atoms with E-state index in [-0.39, 0.29) is 5.78 Å². The first-order valence-electron chi connectivity index (χ1n) is 5.34. The fourth-order valence-corrected chi connectivity index (χ4v) is 1.66. The lowest BCUT2D eigenvalue weighted by Crippen LogP contribution is -2.07. The maximum absolute atomic E-state index is 12.2. The first kappa shape index (κ1) is 14.2. The second-order valence-electron chi connectivity index (χ2n) is 3.72. The van der Waals surface area contributed by atoms with Crippen molar-refractivity contribution in [2.24, 2.45) is 5.73 Å². The van der Waals surface area contributed by atoms with Crippen LogP contribution in [-0.2, 0) is 4.79 Å². The van der Waals surface area contributed by atoms with Crippen molar-refractivity contribution in [3.63, 3.8) is 0 Å². The van der Waals surface area contributed by atoms with Crippen LogP contribution in [0.4, 0.5) is 0 Å². The fourth-order valence-electron chi connectivity index (χ4n) is 1.45. The molecule has 0 aliphatic rings. The summed E-state index contributed by atoms with van der Waals surface area (Å²) in [7, 11) is 0. The van der Waals surface area contributed by atoms with E-state index in [0.717, 1.165) is 5.56 Å². The van der Waals surface area contributed by atoms with Crippen LogP contribution in [-0.4, -0.2) is 5.78 Å². The predicted octanol–water partition coefficient (Wildman–Crippen LogP) is 3.12. The van der Waals surface area contributed by atoms with Gasteiger partial charge in [0.1, 0.15) is 0 Å². The van der Waals surface area contributed by atoms with Gasteiger partial charge in [0.15, 0.2) is 0 Å². The van der Waals surface area contributed by atoms with E-state index >= 15 is 0 Å². The van der Waals surface area contributed by atoms with Crippen molar-refractivity contribution < 1.29 is 4.79 Å². The number of rotatable bonds is 3. The Morgan fingerprint density at radius 2 is 1.94 bits per heavy atom. The summed E-state index contributed by atoms with van der Waals surface area (Å²) in [6.45, 7) is 3.45. The minimum atomic E-state index is -0.165. The van der Waals surface area contributed by atoms with E-state index in [1.807, 2.05) is 6.07 Å². The monoisotopic (exact) mass is 304 g/mol.